The minimum Gasteiger partial charge on any atom is -0.493 e. The zero-order chi connectivity index (χ0) is 20.3. The highest BCUT2D eigenvalue weighted by Crippen LogP contribution is 2.32. The van der Waals surface area contributed by atoms with E-state index in [1.165, 1.54) is 50.8 Å². The van der Waals surface area contributed by atoms with E-state index >= 15 is 0 Å². The predicted molar refractivity (Wildman–Crippen MR) is 91.3 cm³/mol. The summed E-state index contributed by atoms with van der Waals surface area (Å²) in [6, 6.07) is 3.08. The monoisotopic (exact) mass is 384 g/mol. The van der Waals surface area contributed by atoms with E-state index in [1.807, 2.05) is 0 Å². The van der Waals surface area contributed by atoms with Gasteiger partial charge in [-0.2, -0.15) is 13.9 Å². The number of benzene rings is 1. The van der Waals surface area contributed by atoms with Gasteiger partial charge in [-0.15, -0.1) is 0 Å². The highest BCUT2D eigenvalue weighted by molar-refractivity contribution is 5.93. The lowest BCUT2D eigenvalue weighted by Crippen LogP contribution is -2.25. The summed E-state index contributed by atoms with van der Waals surface area (Å²) in [6.07, 6.45) is 0. The van der Waals surface area contributed by atoms with E-state index in [4.69, 9.17) is 4.74 Å². The van der Waals surface area contributed by atoms with Gasteiger partial charge < -0.3 is 14.8 Å². The molecule has 0 radical (unpaired) electrons. The van der Waals surface area contributed by atoms with Gasteiger partial charge in [0, 0.05) is 11.8 Å². The van der Waals surface area contributed by atoms with Crippen molar-refractivity contribution in [2.24, 2.45) is 0 Å². The summed E-state index contributed by atoms with van der Waals surface area (Å²) in [5, 5.41) is 17.7. The molecule has 2 rings (SSSR count). The number of nitro groups is 1. The van der Waals surface area contributed by atoms with E-state index in [0.29, 0.717) is 0 Å². The molecule has 0 aliphatic heterocycles. The molecular weight excluding hydrogens is 366 g/mol. The number of nitrogens with one attached hydrogen (secondary N) is 1. The number of aryl methyl sites for hydroxylation is 1. The molecule has 1 heterocycles. The first-order chi connectivity index (χ1) is 12.6. The molecule has 0 spiro atoms. The minimum atomic E-state index is -3.01. The van der Waals surface area contributed by atoms with Gasteiger partial charge in [0.05, 0.1) is 12.0 Å². The summed E-state index contributed by atoms with van der Waals surface area (Å²) in [7, 11) is 1.27. The molecule has 0 bridgehead atoms. The molecule has 1 amide bonds. The predicted octanol–water partition coefficient (Wildman–Crippen LogP) is 3.22. The molecule has 0 aliphatic carbocycles. The average molecular weight is 384 g/mol. The molecule has 0 fully saturated rings. The molecule has 0 aliphatic rings. The van der Waals surface area contributed by atoms with E-state index < -0.39 is 23.5 Å². The topological polar surface area (TPSA) is 109 Å². The molecule has 11 heteroatoms. The van der Waals surface area contributed by atoms with Crippen molar-refractivity contribution in [3.8, 4) is 11.5 Å². The van der Waals surface area contributed by atoms with Crippen LogP contribution in [-0.4, -0.2) is 34.3 Å². The largest absolute Gasteiger partial charge is 0.493 e. The Morgan fingerprint density at radius 2 is 2.00 bits per heavy atom. The Bertz CT molecular complexity index is 869. The number of aromatic nitrogens is 2. The van der Waals surface area contributed by atoms with Gasteiger partial charge in [0.25, 0.3) is 0 Å². The number of halogens is 2. The van der Waals surface area contributed by atoms with Gasteiger partial charge in [-0.3, -0.25) is 19.6 Å². The quantitative estimate of drug-likeness (QED) is 0.580. The van der Waals surface area contributed by atoms with Crippen LogP contribution in [0.5, 0.6) is 11.5 Å². The lowest BCUT2D eigenvalue weighted by molar-refractivity contribution is -0.386. The van der Waals surface area contributed by atoms with Crippen LogP contribution in [0.3, 0.4) is 0 Å². The van der Waals surface area contributed by atoms with Crippen molar-refractivity contribution in [3.63, 3.8) is 0 Å². The van der Waals surface area contributed by atoms with E-state index in [-0.39, 0.29) is 34.3 Å². The highest BCUT2D eigenvalue weighted by Gasteiger charge is 2.27. The Labute approximate surface area is 153 Å². The van der Waals surface area contributed by atoms with Gasteiger partial charge in [0.1, 0.15) is 17.4 Å². The fraction of sp³-hybridized carbons (Fsp3) is 0.375. The van der Waals surface area contributed by atoms with Crippen molar-refractivity contribution in [1.29, 1.82) is 0 Å². The summed E-state index contributed by atoms with van der Waals surface area (Å²) >= 11 is 0. The van der Waals surface area contributed by atoms with Crippen molar-refractivity contribution in [2.75, 3.05) is 12.4 Å². The summed E-state index contributed by atoms with van der Waals surface area (Å²) in [5.41, 5.74) is 0.580. The van der Waals surface area contributed by atoms with Crippen LogP contribution in [0.1, 0.15) is 24.4 Å². The Kier molecular flexibility index (Phi) is 5.93. The maximum Gasteiger partial charge on any atom is 0.387 e. The van der Waals surface area contributed by atoms with Crippen LogP contribution in [0.15, 0.2) is 18.2 Å². The van der Waals surface area contributed by atoms with Crippen LogP contribution in [-0.2, 0) is 4.79 Å². The van der Waals surface area contributed by atoms with Gasteiger partial charge in [-0.25, -0.2) is 0 Å². The maximum absolute atomic E-state index is 12.5. The first-order valence-electron chi connectivity index (χ1n) is 7.79. The molecule has 2 aromatic rings. The van der Waals surface area contributed by atoms with Crippen molar-refractivity contribution < 1.29 is 28.0 Å². The second kappa shape index (κ2) is 7.98. The fourth-order valence-corrected chi connectivity index (χ4v) is 2.59. The Morgan fingerprint density at radius 1 is 1.33 bits per heavy atom. The van der Waals surface area contributed by atoms with Gasteiger partial charge in [-0.1, -0.05) is 0 Å². The molecule has 1 unspecified atom stereocenters. The zero-order valence-electron chi connectivity index (χ0n) is 15.0. The number of ether oxygens (including phenoxy) is 2. The van der Waals surface area contributed by atoms with Crippen molar-refractivity contribution >= 4 is 17.3 Å². The van der Waals surface area contributed by atoms with Crippen molar-refractivity contribution in [3.05, 3.63) is 39.7 Å². The van der Waals surface area contributed by atoms with E-state index in [9.17, 15) is 23.7 Å². The molecule has 1 aromatic heterocycles. The number of methoxy groups -OCH3 is 1. The molecular formula is C16H18F2N4O5. The van der Waals surface area contributed by atoms with Crippen molar-refractivity contribution in [2.45, 2.75) is 33.4 Å². The summed E-state index contributed by atoms with van der Waals surface area (Å²) in [6.45, 7) is 1.51. The molecule has 1 aromatic carbocycles. The number of anilines is 1. The minimum absolute atomic E-state index is 0.0162. The van der Waals surface area contributed by atoms with E-state index in [1.54, 1.807) is 0 Å². The standard InChI is InChI=1S/C16H18F2N4O5/c1-8-14(22(24)25)9(2)21(20-8)10(3)15(23)19-11-5-6-12(27-16(17)18)13(7-11)26-4/h5-7,10,16H,1-4H3,(H,19,23). The zero-order valence-corrected chi connectivity index (χ0v) is 15.0. The fourth-order valence-electron chi connectivity index (χ4n) is 2.59. The molecule has 27 heavy (non-hydrogen) atoms. The lowest BCUT2D eigenvalue weighted by atomic mass is 10.2. The summed E-state index contributed by atoms with van der Waals surface area (Å²) in [4.78, 5) is 23.0. The number of amides is 1. The van der Waals surface area contributed by atoms with E-state index in [0.717, 1.165) is 0 Å². The second-order valence-electron chi connectivity index (χ2n) is 5.63. The number of rotatable bonds is 7. The molecule has 0 saturated carbocycles. The molecule has 146 valence electrons. The average Bonchev–Trinajstić information content (AvgIpc) is 2.89. The van der Waals surface area contributed by atoms with Gasteiger partial charge in [0.15, 0.2) is 11.5 Å². The smallest absolute Gasteiger partial charge is 0.387 e. The van der Waals surface area contributed by atoms with Crippen LogP contribution in [0.25, 0.3) is 0 Å². The number of carbonyl (C=O) groups is 1. The first-order valence-corrected chi connectivity index (χ1v) is 7.79. The third-order valence-electron chi connectivity index (χ3n) is 3.86. The summed E-state index contributed by atoms with van der Waals surface area (Å²) < 4.78 is 35.3. The number of alkyl halides is 2. The number of hydrogen-bond donors (Lipinski definition) is 1. The SMILES string of the molecule is COc1cc(NC(=O)C(C)n2nc(C)c([N+](=O)[O-])c2C)ccc1OC(F)F. The molecule has 0 saturated heterocycles. The Morgan fingerprint density at radius 3 is 2.52 bits per heavy atom. The van der Waals surface area contributed by atoms with Gasteiger partial charge in [-0.05, 0) is 32.9 Å². The van der Waals surface area contributed by atoms with Crippen LogP contribution in [0.4, 0.5) is 20.2 Å². The number of nitrogens with zero attached hydrogens (tertiary/aromatic N) is 3. The molecule has 1 atom stereocenters. The van der Waals surface area contributed by atoms with Gasteiger partial charge >= 0.3 is 12.3 Å². The summed E-state index contributed by atoms with van der Waals surface area (Å²) in [5.74, 6) is -0.657. The maximum atomic E-state index is 12.5. The molecule has 1 N–H and O–H groups in total. The Hall–Kier alpha value is -3.24. The van der Waals surface area contributed by atoms with Crippen LogP contribution in [0.2, 0.25) is 0 Å². The second-order valence-corrected chi connectivity index (χ2v) is 5.63. The molecule has 9 nitrogen and oxygen atoms in total. The lowest BCUT2D eigenvalue weighted by Gasteiger charge is -2.15. The van der Waals surface area contributed by atoms with Crippen LogP contribution < -0.4 is 14.8 Å². The van der Waals surface area contributed by atoms with E-state index in [2.05, 4.69) is 15.2 Å². The van der Waals surface area contributed by atoms with Crippen molar-refractivity contribution in [1.82, 2.24) is 9.78 Å². The third-order valence-corrected chi connectivity index (χ3v) is 3.86. The highest BCUT2D eigenvalue weighted by atomic mass is 19.3. The normalized spacial score (nSPS) is 12.0. The van der Waals surface area contributed by atoms with Gasteiger partial charge in [0.2, 0.25) is 5.91 Å². The van der Waals surface area contributed by atoms with Crippen LogP contribution >= 0.6 is 0 Å². The number of carbonyl (C=O) groups excluding carboxylic acids is 1. The first kappa shape index (κ1) is 20.1. The third kappa shape index (κ3) is 4.30. The Balaban J connectivity index is 2.22. The number of hydrogen-bond acceptors (Lipinski definition) is 6. The van der Waals surface area contributed by atoms with Crippen LogP contribution in [0, 0.1) is 24.0 Å².